The zero-order valence-electron chi connectivity index (χ0n) is 14.2. The first-order valence-corrected chi connectivity index (χ1v) is 8.72. The number of hydrogen-bond acceptors (Lipinski definition) is 3. The summed E-state index contributed by atoms with van der Waals surface area (Å²) >= 11 is 0. The summed E-state index contributed by atoms with van der Waals surface area (Å²) in [7, 11) is 0. The van der Waals surface area contributed by atoms with Gasteiger partial charge in [-0.15, -0.1) is 0 Å². The molecule has 0 aromatic heterocycles. The molecule has 1 amide bonds. The Hall–Kier alpha value is -0.610. The van der Waals surface area contributed by atoms with Crippen LogP contribution < -0.4 is 5.32 Å². The summed E-state index contributed by atoms with van der Waals surface area (Å²) in [4.78, 5) is 16.9. The van der Waals surface area contributed by atoms with Crippen LogP contribution in [0.5, 0.6) is 0 Å². The van der Waals surface area contributed by atoms with Gasteiger partial charge < -0.3 is 15.1 Å². The van der Waals surface area contributed by atoms with Crippen molar-refractivity contribution < 1.29 is 4.79 Å². The van der Waals surface area contributed by atoms with Gasteiger partial charge in [0.2, 0.25) is 5.91 Å². The number of rotatable bonds is 5. The van der Waals surface area contributed by atoms with Crippen molar-refractivity contribution in [2.45, 2.75) is 46.5 Å². The zero-order valence-corrected chi connectivity index (χ0v) is 14.2. The number of carbonyl (C=O) groups is 1. The number of nitrogens with zero attached hydrogens (tertiary/aromatic N) is 2. The van der Waals surface area contributed by atoms with Gasteiger partial charge in [-0.1, -0.05) is 20.8 Å². The number of amides is 1. The first-order chi connectivity index (χ1) is 10.0. The third-order valence-electron chi connectivity index (χ3n) is 5.73. The lowest BCUT2D eigenvalue weighted by Crippen LogP contribution is -2.45. The Morgan fingerprint density at radius 3 is 2.33 bits per heavy atom. The highest BCUT2D eigenvalue weighted by Gasteiger charge is 2.33. The summed E-state index contributed by atoms with van der Waals surface area (Å²) in [5, 5.41) is 3.37. The van der Waals surface area contributed by atoms with E-state index in [9.17, 15) is 4.79 Å². The standard InChI is InChI=1S/C17H33N3O/c1-15(2)17(3)6-11-20(12-7-17)16(21)5-4-10-19-13-8-18-9-14-19/h15,18H,4-14H2,1-3H3. The van der Waals surface area contributed by atoms with Crippen LogP contribution in [-0.4, -0.2) is 61.5 Å². The van der Waals surface area contributed by atoms with E-state index in [2.05, 4.69) is 35.9 Å². The second kappa shape index (κ2) is 7.59. The van der Waals surface area contributed by atoms with Gasteiger partial charge in [-0.05, 0) is 37.1 Å². The molecule has 0 spiro atoms. The van der Waals surface area contributed by atoms with Gasteiger partial charge in [0.1, 0.15) is 0 Å². The van der Waals surface area contributed by atoms with Gasteiger partial charge in [-0.3, -0.25) is 4.79 Å². The zero-order chi connectivity index (χ0) is 15.3. The summed E-state index contributed by atoms with van der Waals surface area (Å²) < 4.78 is 0. The normalized spacial score (nSPS) is 23.5. The van der Waals surface area contributed by atoms with E-state index in [-0.39, 0.29) is 0 Å². The molecule has 2 aliphatic rings. The summed E-state index contributed by atoms with van der Waals surface area (Å²) in [5.41, 5.74) is 0.428. The molecule has 0 aromatic carbocycles. The van der Waals surface area contributed by atoms with Gasteiger partial charge in [-0.2, -0.15) is 0 Å². The fourth-order valence-electron chi connectivity index (χ4n) is 3.39. The first-order valence-electron chi connectivity index (χ1n) is 8.72. The van der Waals surface area contributed by atoms with Crippen LogP contribution in [-0.2, 0) is 4.79 Å². The topological polar surface area (TPSA) is 35.6 Å². The maximum Gasteiger partial charge on any atom is 0.222 e. The summed E-state index contributed by atoms with van der Waals surface area (Å²) in [5.74, 6) is 1.08. The molecule has 2 rings (SSSR count). The third kappa shape index (κ3) is 4.68. The quantitative estimate of drug-likeness (QED) is 0.842. The predicted molar refractivity (Wildman–Crippen MR) is 87.3 cm³/mol. The molecule has 0 aromatic rings. The van der Waals surface area contributed by atoms with Crippen molar-refractivity contribution in [1.29, 1.82) is 0 Å². The highest BCUT2D eigenvalue weighted by molar-refractivity contribution is 5.76. The fraction of sp³-hybridized carbons (Fsp3) is 0.941. The molecule has 2 aliphatic heterocycles. The number of hydrogen-bond donors (Lipinski definition) is 1. The molecule has 2 saturated heterocycles. The second-order valence-corrected chi connectivity index (χ2v) is 7.38. The van der Waals surface area contributed by atoms with E-state index in [0.717, 1.165) is 71.5 Å². The lowest BCUT2D eigenvalue weighted by atomic mass is 9.72. The molecule has 21 heavy (non-hydrogen) atoms. The monoisotopic (exact) mass is 295 g/mol. The SMILES string of the molecule is CC(C)C1(C)CCN(C(=O)CCCN2CCNCC2)CC1. The van der Waals surface area contributed by atoms with E-state index in [1.165, 1.54) is 0 Å². The first kappa shape index (κ1) is 16.8. The van der Waals surface area contributed by atoms with Crippen LogP contribution in [0.2, 0.25) is 0 Å². The average molecular weight is 295 g/mol. The molecule has 2 heterocycles. The summed E-state index contributed by atoms with van der Waals surface area (Å²) in [6.45, 7) is 14.4. The van der Waals surface area contributed by atoms with Gasteiger partial charge in [0, 0.05) is 45.7 Å². The number of carbonyl (C=O) groups excluding carboxylic acids is 1. The summed E-state index contributed by atoms with van der Waals surface area (Å²) in [6, 6.07) is 0. The number of nitrogens with one attached hydrogen (secondary N) is 1. The summed E-state index contributed by atoms with van der Waals surface area (Å²) in [6.07, 6.45) is 4.06. The Morgan fingerprint density at radius 2 is 1.76 bits per heavy atom. The van der Waals surface area contributed by atoms with E-state index in [4.69, 9.17) is 0 Å². The molecule has 0 radical (unpaired) electrons. The molecule has 0 aliphatic carbocycles. The highest BCUT2D eigenvalue weighted by atomic mass is 16.2. The molecule has 0 atom stereocenters. The minimum atomic E-state index is 0.371. The van der Waals surface area contributed by atoms with Crippen molar-refractivity contribution in [3.8, 4) is 0 Å². The van der Waals surface area contributed by atoms with E-state index in [1.807, 2.05) is 0 Å². The molecule has 122 valence electrons. The van der Waals surface area contributed by atoms with Crippen molar-refractivity contribution in [1.82, 2.24) is 15.1 Å². The van der Waals surface area contributed by atoms with Crippen molar-refractivity contribution in [2.24, 2.45) is 11.3 Å². The Labute approximate surface area is 130 Å². The second-order valence-electron chi connectivity index (χ2n) is 7.38. The van der Waals surface area contributed by atoms with E-state index < -0.39 is 0 Å². The lowest BCUT2D eigenvalue weighted by molar-refractivity contribution is -0.134. The van der Waals surface area contributed by atoms with Gasteiger partial charge >= 0.3 is 0 Å². The average Bonchev–Trinajstić information content (AvgIpc) is 2.49. The van der Waals surface area contributed by atoms with Gasteiger partial charge in [0.15, 0.2) is 0 Å². The van der Waals surface area contributed by atoms with Gasteiger partial charge in [0.25, 0.3) is 0 Å². The van der Waals surface area contributed by atoms with Crippen molar-refractivity contribution in [2.75, 3.05) is 45.8 Å². The maximum absolute atomic E-state index is 12.3. The lowest BCUT2D eigenvalue weighted by Gasteiger charge is -2.42. The van der Waals surface area contributed by atoms with E-state index >= 15 is 0 Å². The fourth-order valence-corrected chi connectivity index (χ4v) is 3.39. The van der Waals surface area contributed by atoms with E-state index in [0.29, 0.717) is 17.2 Å². The molecule has 0 saturated carbocycles. The van der Waals surface area contributed by atoms with Crippen molar-refractivity contribution in [3.05, 3.63) is 0 Å². The Morgan fingerprint density at radius 1 is 1.14 bits per heavy atom. The van der Waals surface area contributed by atoms with Crippen LogP contribution in [0.15, 0.2) is 0 Å². The van der Waals surface area contributed by atoms with Crippen LogP contribution in [0.4, 0.5) is 0 Å². The molecular weight excluding hydrogens is 262 g/mol. The van der Waals surface area contributed by atoms with Crippen molar-refractivity contribution >= 4 is 5.91 Å². The van der Waals surface area contributed by atoms with Crippen LogP contribution in [0.3, 0.4) is 0 Å². The number of piperazine rings is 1. The minimum Gasteiger partial charge on any atom is -0.343 e. The Balaban J connectivity index is 1.65. The maximum atomic E-state index is 12.3. The largest absolute Gasteiger partial charge is 0.343 e. The Kier molecular flexibility index (Phi) is 6.06. The minimum absolute atomic E-state index is 0.371. The highest BCUT2D eigenvalue weighted by Crippen LogP contribution is 2.38. The van der Waals surface area contributed by atoms with Crippen LogP contribution in [0.25, 0.3) is 0 Å². The molecular formula is C17H33N3O. The van der Waals surface area contributed by atoms with E-state index in [1.54, 1.807) is 0 Å². The van der Waals surface area contributed by atoms with Gasteiger partial charge in [-0.25, -0.2) is 0 Å². The molecule has 0 bridgehead atoms. The van der Waals surface area contributed by atoms with Crippen molar-refractivity contribution in [3.63, 3.8) is 0 Å². The smallest absolute Gasteiger partial charge is 0.222 e. The molecule has 2 fully saturated rings. The van der Waals surface area contributed by atoms with Gasteiger partial charge in [0.05, 0.1) is 0 Å². The van der Waals surface area contributed by atoms with Crippen LogP contribution in [0, 0.1) is 11.3 Å². The third-order valence-corrected chi connectivity index (χ3v) is 5.73. The molecule has 0 unspecified atom stereocenters. The van der Waals surface area contributed by atoms with Crippen LogP contribution >= 0.6 is 0 Å². The number of piperidine rings is 1. The molecule has 4 heteroatoms. The molecule has 1 N–H and O–H groups in total. The molecule has 4 nitrogen and oxygen atoms in total. The Bertz CT molecular complexity index is 329. The van der Waals surface area contributed by atoms with Crippen LogP contribution in [0.1, 0.15) is 46.5 Å². The number of likely N-dealkylation sites (tertiary alicyclic amines) is 1. The predicted octanol–water partition coefficient (Wildman–Crippen LogP) is 1.96.